The van der Waals surface area contributed by atoms with Crippen molar-refractivity contribution in [2.75, 3.05) is 19.8 Å². The van der Waals surface area contributed by atoms with E-state index >= 15 is 0 Å². The summed E-state index contributed by atoms with van der Waals surface area (Å²) in [6, 6.07) is 3.90. The molecule has 1 N–H and O–H groups in total. The summed E-state index contributed by atoms with van der Waals surface area (Å²) in [5.74, 6) is 0.0728. The zero-order valence-electron chi connectivity index (χ0n) is 16.5. The molecule has 9 heteroatoms. The van der Waals surface area contributed by atoms with Crippen molar-refractivity contribution in [2.45, 2.75) is 49.1 Å². The largest absolute Gasteiger partial charge is 0.445 e. The smallest absolute Gasteiger partial charge is 0.407 e. The summed E-state index contributed by atoms with van der Waals surface area (Å²) >= 11 is 16.8. The minimum absolute atomic E-state index is 0.0728. The van der Waals surface area contributed by atoms with Crippen molar-refractivity contribution < 1.29 is 14.0 Å². The Kier molecular flexibility index (Phi) is 9.35. The number of carbonyl (C=O) groups excluding carboxylic acids is 1. The van der Waals surface area contributed by atoms with Gasteiger partial charge in [-0.2, -0.15) is 0 Å². The summed E-state index contributed by atoms with van der Waals surface area (Å²) in [4.78, 5) is 16.0. The lowest BCUT2D eigenvalue weighted by molar-refractivity contribution is 0.143. The summed E-state index contributed by atoms with van der Waals surface area (Å²) in [6.07, 6.45) is 3.66. The summed E-state index contributed by atoms with van der Waals surface area (Å²) in [5.41, 5.74) is 1.08. The number of hydrogen-bond acceptors (Lipinski definition) is 4. The molecule has 1 unspecified atom stereocenters. The number of alkyl carbamates (subject to hydrolysis) is 1. The van der Waals surface area contributed by atoms with Crippen molar-refractivity contribution in [1.29, 1.82) is 0 Å². The van der Waals surface area contributed by atoms with Gasteiger partial charge in [-0.3, -0.25) is 4.98 Å². The number of hydrogen-bond donors (Lipinski definition) is 1. The number of halogens is 3. The van der Waals surface area contributed by atoms with Crippen LogP contribution in [0.3, 0.4) is 0 Å². The third-order valence-corrected chi connectivity index (χ3v) is 9.46. The highest BCUT2D eigenvalue weighted by molar-refractivity contribution is 6.74. The molecule has 1 aromatic heterocycles. The summed E-state index contributed by atoms with van der Waals surface area (Å²) in [6.45, 7) is 11.6. The predicted molar refractivity (Wildman–Crippen MR) is 114 cm³/mol. The van der Waals surface area contributed by atoms with Gasteiger partial charge in [0, 0.05) is 31.5 Å². The van der Waals surface area contributed by atoms with Crippen molar-refractivity contribution in [3.63, 3.8) is 0 Å². The Balaban J connectivity index is 2.67. The number of alkyl halides is 3. The number of nitrogens with zero attached hydrogens (tertiary/aromatic N) is 1. The van der Waals surface area contributed by atoms with Crippen LogP contribution < -0.4 is 5.32 Å². The van der Waals surface area contributed by atoms with Gasteiger partial charge in [0.2, 0.25) is 3.79 Å². The van der Waals surface area contributed by atoms with E-state index < -0.39 is 18.2 Å². The SMILES string of the molecule is CC(C)(C)[Si](C)(C)OCC(CNC(=O)OCC(Cl)(Cl)Cl)Cc1cccnc1. The van der Waals surface area contributed by atoms with Gasteiger partial charge < -0.3 is 14.5 Å². The van der Waals surface area contributed by atoms with E-state index in [1.165, 1.54) is 0 Å². The first kappa shape index (κ1) is 24.5. The maximum atomic E-state index is 11.9. The molecule has 0 aliphatic carbocycles. The van der Waals surface area contributed by atoms with Crippen LogP contribution in [0, 0.1) is 5.92 Å². The number of carbonyl (C=O) groups is 1. The summed E-state index contributed by atoms with van der Waals surface area (Å²) in [5, 5.41) is 2.84. The Bertz CT molecular complexity index is 590. The van der Waals surface area contributed by atoms with Gasteiger partial charge in [-0.1, -0.05) is 61.6 Å². The minimum atomic E-state index is -1.89. The van der Waals surface area contributed by atoms with E-state index in [1.54, 1.807) is 6.20 Å². The second-order valence-electron chi connectivity index (χ2n) is 8.07. The molecule has 0 aromatic carbocycles. The second kappa shape index (κ2) is 10.3. The van der Waals surface area contributed by atoms with Crippen molar-refractivity contribution >= 4 is 49.2 Å². The number of nitrogens with one attached hydrogen (secondary N) is 1. The molecule has 1 aromatic rings. The van der Waals surface area contributed by atoms with Crippen LogP contribution in [0.25, 0.3) is 0 Å². The lowest BCUT2D eigenvalue weighted by Gasteiger charge is -2.37. The highest BCUT2D eigenvalue weighted by Gasteiger charge is 2.37. The Labute approximate surface area is 178 Å². The molecule has 0 bridgehead atoms. The molecule has 0 aliphatic heterocycles. The lowest BCUT2D eigenvalue weighted by Crippen LogP contribution is -2.43. The van der Waals surface area contributed by atoms with Gasteiger partial charge in [0.25, 0.3) is 0 Å². The summed E-state index contributed by atoms with van der Waals surface area (Å²) in [7, 11) is -1.89. The maximum Gasteiger partial charge on any atom is 0.407 e. The zero-order valence-corrected chi connectivity index (χ0v) is 19.8. The second-order valence-corrected chi connectivity index (χ2v) is 15.4. The molecule has 0 saturated carbocycles. The minimum Gasteiger partial charge on any atom is -0.445 e. The topological polar surface area (TPSA) is 60.5 Å². The first-order chi connectivity index (χ1) is 12.3. The molecule has 1 atom stereocenters. The molecule has 1 heterocycles. The normalized spacial score (nSPS) is 13.9. The zero-order chi connectivity index (χ0) is 20.7. The average Bonchev–Trinajstić information content (AvgIpc) is 2.54. The van der Waals surface area contributed by atoms with E-state index in [2.05, 4.69) is 44.2 Å². The van der Waals surface area contributed by atoms with E-state index in [0.29, 0.717) is 13.2 Å². The van der Waals surface area contributed by atoms with Gasteiger partial charge in [-0.15, -0.1) is 0 Å². The maximum absolute atomic E-state index is 11.9. The van der Waals surface area contributed by atoms with Crippen LogP contribution in [0.15, 0.2) is 24.5 Å². The van der Waals surface area contributed by atoms with Crippen molar-refractivity contribution in [2.24, 2.45) is 5.92 Å². The lowest BCUT2D eigenvalue weighted by atomic mass is 10.0. The van der Waals surface area contributed by atoms with E-state index in [0.717, 1.165) is 12.0 Å². The number of aromatic nitrogens is 1. The highest BCUT2D eigenvalue weighted by Crippen LogP contribution is 2.36. The standard InChI is InChI=1S/C18H29Cl3N2O3Si/c1-17(2,3)27(4,5)26-12-15(9-14-7-6-8-22-10-14)11-23-16(24)25-13-18(19,20)21/h6-8,10,15H,9,11-13H2,1-5H3,(H,23,24). The van der Waals surface area contributed by atoms with E-state index in [1.807, 2.05) is 18.3 Å². The first-order valence-electron chi connectivity index (χ1n) is 8.80. The van der Waals surface area contributed by atoms with Crippen molar-refractivity contribution in [3.05, 3.63) is 30.1 Å². The van der Waals surface area contributed by atoms with E-state index in [9.17, 15) is 4.79 Å². The van der Waals surface area contributed by atoms with Crippen LogP contribution in [0.2, 0.25) is 18.1 Å². The molecule has 0 radical (unpaired) electrons. The first-order valence-corrected chi connectivity index (χ1v) is 12.8. The number of amides is 1. The van der Waals surface area contributed by atoms with Gasteiger partial charge in [0.15, 0.2) is 8.32 Å². The molecule has 27 heavy (non-hydrogen) atoms. The fraction of sp³-hybridized carbons (Fsp3) is 0.667. The van der Waals surface area contributed by atoms with Crippen LogP contribution in [0.5, 0.6) is 0 Å². The highest BCUT2D eigenvalue weighted by atomic mass is 35.6. The fourth-order valence-corrected chi connectivity index (χ4v) is 3.26. The average molecular weight is 456 g/mol. The Morgan fingerprint density at radius 3 is 2.48 bits per heavy atom. The van der Waals surface area contributed by atoms with Gasteiger partial charge in [0.05, 0.1) is 0 Å². The van der Waals surface area contributed by atoms with Gasteiger partial charge >= 0.3 is 6.09 Å². The molecule has 0 saturated heterocycles. The van der Waals surface area contributed by atoms with Gasteiger partial charge in [0.1, 0.15) is 6.61 Å². The monoisotopic (exact) mass is 454 g/mol. The molecule has 1 amide bonds. The Morgan fingerprint density at radius 1 is 1.30 bits per heavy atom. The molecule has 5 nitrogen and oxygen atoms in total. The van der Waals surface area contributed by atoms with Gasteiger partial charge in [-0.25, -0.2) is 4.79 Å². The van der Waals surface area contributed by atoms with Crippen LogP contribution >= 0.6 is 34.8 Å². The van der Waals surface area contributed by atoms with Crippen LogP contribution in [0.4, 0.5) is 4.79 Å². The third kappa shape index (κ3) is 9.99. The van der Waals surface area contributed by atoms with Crippen molar-refractivity contribution in [3.8, 4) is 0 Å². The van der Waals surface area contributed by atoms with Crippen LogP contribution in [-0.2, 0) is 15.6 Å². The Morgan fingerprint density at radius 2 is 1.96 bits per heavy atom. The molecular formula is C18H29Cl3N2O3Si. The van der Waals surface area contributed by atoms with Crippen LogP contribution in [-0.4, -0.2) is 42.9 Å². The van der Waals surface area contributed by atoms with Gasteiger partial charge in [-0.05, 0) is 36.2 Å². The number of pyridine rings is 1. The molecule has 154 valence electrons. The third-order valence-electron chi connectivity index (χ3n) is 4.64. The number of rotatable bonds is 8. The predicted octanol–water partition coefficient (Wildman–Crippen LogP) is 5.36. The molecular weight excluding hydrogens is 427 g/mol. The molecule has 0 spiro atoms. The molecule has 1 rings (SSSR count). The fourth-order valence-electron chi connectivity index (χ4n) is 2.01. The van der Waals surface area contributed by atoms with E-state index in [4.69, 9.17) is 44.0 Å². The quantitative estimate of drug-likeness (QED) is 0.423. The van der Waals surface area contributed by atoms with Crippen LogP contribution in [0.1, 0.15) is 26.3 Å². The van der Waals surface area contributed by atoms with E-state index in [-0.39, 0.29) is 17.6 Å². The molecule has 0 fully saturated rings. The summed E-state index contributed by atoms with van der Waals surface area (Å²) < 4.78 is 9.63. The molecule has 0 aliphatic rings. The van der Waals surface area contributed by atoms with Crippen molar-refractivity contribution in [1.82, 2.24) is 10.3 Å². The Hall–Kier alpha value is -0.533. The number of ether oxygens (including phenoxy) is 1.